The molecular weight excluding hydrogens is 234 g/mol. The summed E-state index contributed by atoms with van der Waals surface area (Å²) >= 11 is 0. The second-order valence-corrected chi connectivity index (χ2v) is 4.91. The standard InChI is InChI=1S/C8H13N3O4S/c1-3-6-9-4-7(10-6)16(14,15)11-5(2)8(12)13/h4-5,11H,3H2,1-2H3,(H,9,10)(H,12,13). The van der Waals surface area contributed by atoms with Gasteiger partial charge in [0.15, 0.2) is 5.03 Å². The average Bonchev–Trinajstić information content (AvgIpc) is 2.65. The van der Waals surface area contributed by atoms with Crippen LogP contribution in [-0.2, 0) is 21.2 Å². The molecule has 0 aromatic carbocycles. The van der Waals surface area contributed by atoms with Crippen molar-refractivity contribution in [3.8, 4) is 0 Å². The monoisotopic (exact) mass is 247 g/mol. The van der Waals surface area contributed by atoms with E-state index in [-0.39, 0.29) is 5.03 Å². The van der Waals surface area contributed by atoms with E-state index in [1.54, 1.807) is 0 Å². The number of aromatic nitrogens is 2. The van der Waals surface area contributed by atoms with Gasteiger partial charge < -0.3 is 10.1 Å². The van der Waals surface area contributed by atoms with Crippen LogP contribution in [0, 0.1) is 0 Å². The molecule has 0 spiro atoms. The fraction of sp³-hybridized carbons (Fsp3) is 0.500. The van der Waals surface area contributed by atoms with E-state index < -0.39 is 22.0 Å². The molecule has 0 aliphatic rings. The Labute approximate surface area is 93.0 Å². The molecule has 1 aromatic heterocycles. The van der Waals surface area contributed by atoms with Gasteiger partial charge in [0.05, 0.1) is 6.20 Å². The van der Waals surface area contributed by atoms with Crippen LogP contribution in [0.3, 0.4) is 0 Å². The Hall–Kier alpha value is -1.41. The Morgan fingerprint density at radius 2 is 2.31 bits per heavy atom. The maximum Gasteiger partial charge on any atom is 0.321 e. The predicted octanol–water partition coefficient (Wildman–Crippen LogP) is -0.277. The molecular formula is C8H13N3O4S. The first kappa shape index (κ1) is 12.7. The number of carbonyl (C=O) groups is 1. The normalized spacial score (nSPS) is 13.6. The number of aryl methyl sites for hydroxylation is 1. The quantitative estimate of drug-likeness (QED) is 0.662. The number of aliphatic carboxylic acids is 1. The van der Waals surface area contributed by atoms with Gasteiger partial charge in [-0.1, -0.05) is 6.92 Å². The summed E-state index contributed by atoms with van der Waals surface area (Å²) in [6.45, 7) is 3.07. The van der Waals surface area contributed by atoms with Crippen LogP contribution >= 0.6 is 0 Å². The molecule has 0 aliphatic carbocycles. The minimum atomic E-state index is -3.84. The molecule has 0 amide bonds. The maximum absolute atomic E-state index is 11.6. The third-order valence-corrected chi connectivity index (χ3v) is 3.38. The highest BCUT2D eigenvalue weighted by atomic mass is 32.2. The first-order chi connectivity index (χ1) is 7.36. The highest BCUT2D eigenvalue weighted by molar-refractivity contribution is 7.89. The van der Waals surface area contributed by atoms with Crippen molar-refractivity contribution in [1.29, 1.82) is 0 Å². The number of aromatic amines is 1. The van der Waals surface area contributed by atoms with E-state index >= 15 is 0 Å². The van der Waals surface area contributed by atoms with Crippen molar-refractivity contribution in [2.24, 2.45) is 0 Å². The lowest BCUT2D eigenvalue weighted by molar-refractivity contribution is -0.138. The molecule has 0 saturated heterocycles. The summed E-state index contributed by atoms with van der Waals surface area (Å²) in [6.07, 6.45) is 1.74. The van der Waals surface area contributed by atoms with Gasteiger partial charge in [-0.3, -0.25) is 4.79 Å². The number of carboxylic acid groups (broad SMARTS) is 1. The van der Waals surface area contributed by atoms with E-state index in [1.165, 1.54) is 6.92 Å². The van der Waals surface area contributed by atoms with Crippen molar-refractivity contribution >= 4 is 16.0 Å². The highest BCUT2D eigenvalue weighted by Crippen LogP contribution is 2.06. The number of sulfonamides is 1. The van der Waals surface area contributed by atoms with Crippen molar-refractivity contribution in [2.45, 2.75) is 31.3 Å². The molecule has 1 aromatic rings. The Kier molecular flexibility index (Phi) is 3.66. The summed E-state index contributed by atoms with van der Waals surface area (Å²) in [5, 5.41) is 8.46. The number of H-pyrrole nitrogens is 1. The number of carboxylic acids is 1. The number of hydrogen-bond donors (Lipinski definition) is 3. The summed E-state index contributed by atoms with van der Waals surface area (Å²) in [4.78, 5) is 16.9. The zero-order chi connectivity index (χ0) is 12.3. The van der Waals surface area contributed by atoms with Crippen molar-refractivity contribution in [2.75, 3.05) is 0 Å². The molecule has 1 rings (SSSR count). The molecule has 90 valence electrons. The van der Waals surface area contributed by atoms with Gasteiger partial charge in [-0.25, -0.2) is 13.4 Å². The first-order valence-electron chi connectivity index (χ1n) is 4.66. The van der Waals surface area contributed by atoms with Crippen molar-refractivity contribution in [3.63, 3.8) is 0 Å². The molecule has 8 heteroatoms. The van der Waals surface area contributed by atoms with Gasteiger partial charge in [0, 0.05) is 6.42 Å². The molecule has 3 N–H and O–H groups in total. The smallest absolute Gasteiger partial charge is 0.321 e. The van der Waals surface area contributed by atoms with Gasteiger partial charge in [-0.05, 0) is 6.92 Å². The van der Waals surface area contributed by atoms with Crippen LogP contribution in [-0.4, -0.2) is 35.5 Å². The SMILES string of the molecule is CCc1ncc(S(=O)(=O)NC(C)C(=O)O)[nH]1. The number of nitrogens with zero attached hydrogens (tertiary/aromatic N) is 1. The van der Waals surface area contributed by atoms with Gasteiger partial charge in [-0.2, -0.15) is 4.72 Å². The molecule has 16 heavy (non-hydrogen) atoms. The van der Waals surface area contributed by atoms with Gasteiger partial charge in [0.1, 0.15) is 11.9 Å². The molecule has 1 unspecified atom stereocenters. The fourth-order valence-corrected chi connectivity index (χ4v) is 2.14. The van der Waals surface area contributed by atoms with E-state index in [2.05, 4.69) is 9.97 Å². The predicted molar refractivity (Wildman–Crippen MR) is 55.4 cm³/mol. The second-order valence-electron chi connectivity index (χ2n) is 3.23. The minimum absolute atomic E-state index is 0.127. The Balaban J connectivity index is 2.90. The van der Waals surface area contributed by atoms with Gasteiger partial charge in [0.25, 0.3) is 10.0 Å². The maximum atomic E-state index is 11.6. The summed E-state index contributed by atoms with van der Waals surface area (Å²) in [5.74, 6) is -0.706. The van der Waals surface area contributed by atoms with Crippen molar-refractivity contribution in [1.82, 2.24) is 14.7 Å². The summed E-state index contributed by atoms with van der Waals surface area (Å²) in [7, 11) is -3.84. The summed E-state index contributed by atoms with van der Waals surface area (Å²) in [6, 6.07) is -1.18. The van der Waals surface area contributed by atoms with Crippen LogP contribution in [0.5, 0.6) is 0 Å². The largest absolute Gasteiger partial charge is 0.480 e. The Bertz CT molecular complexity index is 479. The highest BCUT2D eigenvalue weighted by Gasteiger charge is 2.22. The topological polar surface area (TPSA) is 112 Å². The molecule has 0 bridgehead atoms. The molecule has 7 nitrogen and oxygen atoms in total. The van der Waals surface area contributed by atoms with Crippen LogP contribution < -0.4 is 4.72 Å². The minimum Gasteiger partial charge on any atom is -0.480 e. The number of nitrogens with one attached hydrogen (secondary N) is 2. The van der Waals surface area contributed by atoms with Crippen LogP contribution in [0.15, 0.2) is 11.2 Å². The molecule has 0 saturated carbocycles. The number of hydrogen-bond acceptors (Lipinski definition) is 4. The van der Waals surface area contributed by atoms with Gasteiger partial charge in [0.2, 0.25) is 0 Å². The van der Waals surface area contributed by atoms with Crippen molar-refractivity contribution < 1.29 is 18.3 Å². The lowest BCUT2D eigenvalue weighted by Crippen LogP contribution is -2.38. The van der Waals surface area contributed by atoms with E-state index in [1.807, 2.05) is 11.6 Å². The summed E-state index contributed by atoms with van der Waals surface area (Å²) < 4.78 is 25.3. The molecule has 0 aliphatic heterocycles. The van der Waals surface area contributed by atoms with Crippen LogP contribution in [0.2, 0.25) is 0 Å². The zero-order valence-corrected chi connectivity index (χ0v) is 9.71. The first-order valence-corrected chi connectivity index (χ1v) is 6.14. The Morgan fingerprint density at radius 3 is 2.75 bits per heavy atom. The van der Waals surface area contributed by atoms with Gasteiger partial charge >= 0.3 is 5.97 Å². The second kappa shape index (κ2) is 4.62. The molecule has 0 fully saturated rings. The van der Waals surface area contributed by atoms with Crippen LogP contribution in [0.1, 0.15) is 19.7 Å². The third-order valence-electron chi connectivity index (χ3n) is 1.93. The van der Waals surface area contributed by atoms with E-state index in [9.17, 15) is 13.2 Å². The molecule has 1 atom stereocenters. The Morgan fingerprint density at radius 1 is 1.69 bits per heavy atom. The van der Waals surface area contributed by atoms with Crippen LogP contribution in [0.4, 0.5) is 0 Å². The lowest BCUT2D eigenvalue weighted by atomic mass is 10.4. The van der Waals surface area contributed by atoms with E-state index in [0.29, 0.717) is 12.2 Å². The van der Waals surface area contributed by atoms with Crippen molar-refractivity contribution in [3.05, 3.63) is 12.0 Å². The average molecular weight is 247 g/mol. The number of rotatable bonds is 5. The van der Waals surface area contributed by atoms with Gasteiger partial charge in [-0.15, -0.1) is 0 Å². The lowest BCUT2D eigenvalue weighted by Gasteiger charge is -2.07. The summed E-state index contributed by atoms with van der Waals surface area (Å²) in [5.41, 5.74) is 0. The third kappa shape index (κ3) is 2.80. The van der Waals surface area contributed by atoms with E-state index in [4.69, 9.17) is 5.11 Å². The fourth-order valence-electron chi connectivity index (χ4n) is 1.01. The molecule has 1 heterocycles. The molecule has 0 radical (unpaired) electrons. The number of imidazole rings is 1. The van der Waals surface area contributed by atoms with E-state index in [0.717, 1.165) is 6.20 Å². The zero-order valence-electron chi connectivity index (χ0n) is 8.89. The van der Waals surface area contributed by atoms with Crippen LogP contribution in [0.25, 0.3) is 0 Å².